The van der Waals surface area contributed by atoms with E-state index in [0.29, 0.717) is 11.9 Å². The normalized spacial score (nSPS) is 11.4. The Morgan fingerprint density at radius 2 is 2.11 bits per heavy atom. The van der Waals surface area contributed by atoms with Crippen LogP contribution >= 0.6 is 0 Å². The van der Waals surface area contributed by atoms with E-state index in [-0.39, 0.29) is 11.0 Å². The van der Waals surface area contributed by atoms with Gasteiger partial charge in [-0.1, -0.05) is 12.1 Å². The third kappa shape index (κ3) is 3.00. The van der Waals surface area contributed by atoms with Crippen LogP contribution in [0.1, 0.15) is 26.7 Å². The molecule has 2 aromatic rings. The second-order valence-corrected chi connectivity index (χ2v) is 5.36. The van der Waals surface area contributed by atoms with Gasteiger partial charge in [0.1, 0.15) is 0 Å². The maximum absolute atomic E-state index is 12.2. The molecule has 0 aliphatic carbocycles. The lowest BCUT2D eigenvalue weighted by Gasteiger charge is -2.14. The molecule has 0 unspecified atom stereocenters. The van der Waals surface area contributed by atoms with Crippen molar-refractivity contribution in [3.8, 4) is 6.07 Å². The standard InChI is InChI=1S/C15H17N3O/c1-15(2,10-16)8-5-9-18-11-17-13-7-4-3-6-12(13)14(18)19/h3-4,6-7,11H,5,8-9H2,1-2H3. The van der Waals surface area contributed by atoms with Gasteiger partial charge in [0, 0.05) is 6.54 Å². The van der Waals surface area contributed by atoms with Crippen LogP contribution in [0.4, 0.5) is 0 Å². The van der Waals surface area contributed by atoms with E-state index in [9.17, 15) is 4.79 Å². The summed E-state index contributed by atoms with van der Waals surface area (Å²) >= 11 is 0. The van der Waals surface area contributed by atoms with Crippen LogP contribution in [-0.4, -0.2) is 9.55 Å². The molecule has 0 saturated heterocycles. The number of fused-ring (bicyclic) bond motifs is 1. The van der Waals surface area contributed by atoms with E-state index in [1.54, 1.807) is 17.0 Å². The van der Waals surface area contributed by atoms with E-state index in [2.05, 4.69) is 11.1 Å². The van der Waals surface area contributed by atoms with Crippen molar-refractivity contribution in [3.63, 3.8) is 0 Å². The molecule has 0 atom stereocenters. The van der Waals surface area contributed by atoms with Crippen molar-refractivity contribution >= 4 is 10.9 Å². The number of hydrogen-bond donors (Lipinski definition) is 0. The Balaban J connectivity index is 2.17. The lowest BCUT2D eigenvalue weighted by Crippen LogP contribution is -2.21. The van der Waals surface area contributed by atoms with Crippen LogP contribution in [0.2, 0.25) is 0 Å². The summed E-state index contributed by atoms with van der Waals surface area (Å²) in [4.78, 5) is 16.5. The van der Waals surface area contributed by atoms with Crippen molar-refractivity contribution in [2.24, 2.45) is 5.41 Å². The van der Waals surface area contributed by atoms with E-state index >= 15 is 0 Å². The van der Waals surface area contributed by atoms with Gasteiger partial charge in [0.2, 0.25) is 0 Å². The van der Waals surface area contributed by atoms with Crippen molar-refractivity contribution in [1.29, 1.82) is 5.26 Å². The maximum atomic E-state index is 12.2. The lowest BCUT2D eigenvalue weighted by atomic mass is 9.90. The van der Waals surface area contributed by atoms with E-state index in [0.717, 1.165) is 18.4 Å². The molecule has 1 aromatic heterocycles. The quantitative estimate of drug-likeness (QED) is 0.844. The van der Waals surface area contributed by atoms with Gasteiger partial charge in [0.15, 0.2) is 0 Å². The predicted molar refractivity (Wildman–Crippen MR) is 74.6 cm³/mol. The first-order valence-electron chi connectivity index (χ1n) is 6.39. The first kappa shape index (κ1) is 13.3. The predicted octanol–water partition coefficient (Wildman–Crippen LogP) is 2.73. The molecule has 4 nitrogen and oxygen atoms in total. The van der Waals surface area contributed by atoms with Crippen molar-refractivity contribution < 1.29 is 0 Å². The van der Waals surface area contributed by atoms with Crippen LogP contribution in [0.15, 0.2) is 35.4 Å². The molecule has 0 bridgehead atoms. The number of para-hydroxylation sites is 1. The minimum absolute atomic E-state index is 0.0136. The van der Waals surface area contributed by atoms with Crippen molar-refractivity contribution in [1.82, 2.24) is 9.55 Å². The Morgan fingerprint density at radius 1 is 1.37 bits per heavy atom. The van der Waals surface area contributed by atoms with Gasteiger partial charge in [-0.05, 0) is 38.8 Å². The molecule has 1 heterocycles. The monoisotopic (exact) mass is 255 g/mol. The summed E-state index contributed by atoms with van der Waals surface area (Å²) in [6.07, 6.45) is 3.15. The summed E-state index contributed by atoms with van der Waals surface area (Å²) in [6.45, 7) is 4.42. The molecule has 0 amide bonds. The van der Waals surface area contributed by atoms with Crippen LogP contribution in [0.3, 0.4) is 0 Å². The molecule has 4 heteroatoms. The van der Waals surface area contributed by atoms with E-state index in [1.807, 2.05) is 32.0 Å². The number of aryl methyl sites for hydroxylation is 1. The fraction of sp³-hybridized carbons (Fsp3) is 0.400. The molecule has 0 spiro atoms. The zero-order chi connectivity index (χ0) is 13.9. The zero-order valence-electron chi connectivity index (χ0n) is 11.3. The number of benzene rings is 1. The van der Waals surface area contributed by atoms with Crippen LogP contribution < -0.4 is 5.56 Å². The topological polar surface area (TPSA) is 58.7 Å². The molecule has 0 aliphatic heterocycles. The van der Waals surface area contributed by atoms with Gasteiger partial charge in [0.05, 0.1) is 28.7 Å². The highest BCUT2D eigenvalue weighted by Gasteiger charge is 2.15. The molecule has 0 radical (unpaired) electrons. The number of hydrogen-bond acceptors (Lipinski definition) is 3. The molecule has 19 heavy (non-hydrogen) atoms. The third-order valence-electron chi connectivity index (χ3n) is 3.23. The highest BCUT2D eigenvalue weighted by atomic mass is 16.1. The average molecular weight is 255 g/mol. The summed E-state index contributed by atoms with van der Waals surface area (Å²) < 4.78 is 1.62. The van der Waals surface area contributed by atoms with E-state index in [4.69, 9.17) is 5.26 Å². The van der Waals surface area contributed by atoms with Gasteiger partial charge in [-0.25, -0.2) is 4.98 Å². The fourth-order valence-corrected chi connectivity index (χ4v) is 2.01. The molecular formula is C15H17N3O. The van der Waals surface area contributed by atoms with Crippen molar-refractivity contribution in [3.05, 3.63) is 40.9 Å². The van der Waals surface area contributed by atoms with Crippen molar-refractivity contribution in [2.75, 3.05) is 0 Å². The smallest absolute Gasteiger partial charge is 0.261 e. The highest BCUT2D eigenvalue weighted by Crippen LogP contribution is 2.20. The van der Waals surface area contributed by atoms with Gasteiger partial charge in [-0.3, -0.25) is 9.36 Å². The summed E-state index contributed by atoms with van der Waals surface area (Å²) in [5, 5.41) is 9.60. The minimum atomic E-state index is -0.339. The Morgan fingerprint density at radius 3 is 2.84 bits per heavy atom. The van der Waals surface area contributed by atoms with Crippen molar-refractivity contribution in [2.45, 2.75) is 33.2 Å². The number of aromatic nitrogens is 2. The van der Waals surface area contributed by atoms with Gasteiger partial charge in [0.25, 0.3) is 5.56 Å². The van der Waals surface area contributed by atoms with Gasteiger partial charge in [-0.2, -0.15) is 5.26 Å². The molecular weight excluding hydrogens is 238 g/mol. The van der Waals surface area contributed by atoms with Crippen LogP contribution in [-0.2, 0) is 6.54 Å². The van der Waals surface area contributed by atoms with Crippen LogP contribution in [0.25, 0.3) is 10.9 Å². The van der Waals surface area contributed by atoms with Crippen LogP contribution in [0, 0.1) is 16.7 Å². The largest absolute Gasteiger partial charge is 0.299 e. The Bertz CT molecular complexity index is 680. The summed E-state index contributed by atoms with van der Waals surface area (Å²) in [7, 11) is 0. The third-order valence-corrected chi connectivity index (χ3v) is 3.23. The highest BCUT2D eigenvalue weighted by molar-refractivity contribution is 5.76. The fourth-order valence-electron chi connectivity index (χ4n) is 2.01. The number of nitriles is 1. The lowest BCUT2D eigenvalue weighted by molar-refractivity contribution is 0.413. The molecule has 0 aliphatic rings. The minimum Gasteiger partial charge on any atom is -0.299 e. The maximum Gasteiger partial charge on any atom is 0.261 e. The zero-order valence-corrected chi connectivity index (χ0v) is 11.3. The SMILES string of the molecule is CC(C)(C#N)CCCn1cnc2ccccc2c1=O. The van der Waals surface area contributed by atoms with E-state index < -0.39 is 0 Å². The molecule has 2 rings (SSSR count). The number of rotatable bonds is 4. The van der Waals surface area contributed by atoms with Gasteiger partial charge in [-0.15, -0.1) is 0 Å². The summed E-state index contributed by atoms with van der Waals surface area (Å²) in [5.41, 5.74) is 0.370. The Kier molecular flexibility index (Phi) is 3.66. The molecule has 98 valence electrons. The Hall–Kier alpha value is -2.15. The first-order valence-corrected chi connectivity index (χ1v) is 6.39. The van der Waals surface area contributed by atoms with Gasteiger partial charge >= 0.3 is 0 Å². The summed E-state index contributed by atoms with van der Waals surface area (Å²) in [5.74, 6) is 0. The average Bonchev–Trinajstić information content (AvgIpc) is 2.42. The first-order chi connectivity index (χ1) is 9.03. The molecule has 1 aromatic carbocycles. The second-order valence-electron chi connectivity index (χ2n) is 5.36. The van der Waals surface area contributed by atoms with Crippen LogP contribution in [0.5, 0.6) is 0 Å². The Labute approximate surface area is 112 Å². The van der Waals surface area contributed by atoms with E-state index in [1.165, 1.54) is 0 Å². The number of nitrogens with zero attached hydrogens (tertiary/aromatic N) is 3. The molecule has 0 N–H and O–H groups in total. The molecule has 0 fully saturated rings. The summed E-state index contributed by atoms with van der Waals surface area (Å²) in [6, 6.07) is 9.61. The molecule has 0 saturated carbocycles. The second kappa shape index (κ2) is 5.23. The van der Waals surface area contributed by atoms with Gasteiger partial charge < -0.3 is 0 Å².